The predicted molar refractivity (Wildman–Crippen MR) is 54.1 cm³/mol. The molecule has 1 heterocycles. The van der Waals surface area contributed by atoms with Gasteiger partial charge >= 0.3 is 5.97 Å². The first-order valence-corrected chi connectivity index (χ1v) is 4.49. The largest absolute Gasteiger partial charge is 0.456 e. The molecule has 6 heteroatoms. The molecule has 0 saturated carbocycles. The number of carbonyl (C=O) groups is 1. The molecule has 1 aromatic heterocycles. The first kappa shape index (κ1) is 10.6. The van der Waals surface area contributed by atoms with Crippen LogP contribution in [0.4, 0.5) is 5.95 Å². The molecule has 5 nitrogen and oxygen atoms in total. The maximum absolute atomic E-state index is 10.8. The van der Waals surface area contributed by atoms with E-state index in [-0.39, 0.29) is 12.6 Å². The Morgan fingerprint density at radius 2 is 2.50 bits per heavy atom. The Hall–Kier alpha value is -1.43. The van der Waals surface area contributed by atoms with E-state index < -0.39 is 5.97 Å². The molecule has 0 unspecified atom stereocenters. The van der Waals surface area contributed by atoms with Crippen molar-refractivity contribution in [2.24, 2.45) is 0 Å². The third-order valence-electron chi connectivity index (χ3n) is 1.35. The van der Waals surface area contributed by atoms with Gasteiger partial charge in [0.2, 0.25) is 5.95 Å². The van der Waals surface area contributed by atoms with Crippen LogP contribution < -0.4 is 5.73 Å². The lowest BCUT2D eigenvalue weighted by Crippen LogP contribution is -2.05. The highest BCUT2D eigenvalue weighted by Gasteiger charge is 2.05. The highest BCUT2D eigenvalue weighted by molar-refractivity contribution is 9.10. The summed E-state index contributed by atoms with van der Waals surface area (Å²) in [6.45, 7) is 3.31. The van der Waals surface area contributed by atoms with Crippen LogP contribution in [-0.2, 0) is 16.1 Å². The maximum Gasteiger partial charge on any atom is 0.330 e. The molecule has 0 aromatic carbocycles. The summed E-state index contributed by atoms with van der Waals surface area (Å²) < 4.78 is 5.42. The van der Waals surface area contributed by atoms with Crippen LogP contribution >= 0.6 is 15.9 Å². The van der Waals surface area contributed by atoms with E-state index in [1.807, 2.05) is 0 Å². The third-order valence-corrected chi connectivity index (χ3v) is 2.02. The zero-order valence-electron chi connectivity index (χ0n) is 7.24. The van der Waals surface area contributed by atoms with Gasteiger partial charge in [-0.3, -0.25) is 0 Å². The Bertz CT molecular complexity index is 368. The van der Waals surface area contributed by atoms with Crippen molar-refractivity contribution in [3.8, 4) is 0 Å². The van der Waals surface area contributed by atoms with Crippen molar-refractivity contribution < 1.29 is 9.53 Å². The van der Waals surface area contributed by atoms with Gasteiger partial charge in [0.1, 0.15) is 6.61 Å². The number of hydrogen-bond donors (Lipinski definition) is 1. The summed E-state index contributed by atoms with van der Waals surface area (Å²) in [7, 11) is 0. The highest BCUT2D eigenvalue weighted by Crippen LogP contribution is 2.14. The summed E-state index contributed by atoms with van der Waals surface area (Å²) in [5, 5.41) is 0. The van der Waals surface area contributed by atoms with E-state index in [4.69, 9.17) is 10.5 Å². The monoisotopic (exact) mass is 257 g/mol. The number of nitrogens with zero attached hydrogens (tertiary/aromatic N) is 2. The molecule has 0 amide bonds. The summed E-state index contributed by atoms with van der Waals surface area (Å²) in [6.07, 6.45) is 2.58. The van der Waals surface area contributed by atoms with Gasteiger partial charge in [-0.15, -0.1) is 0 Å². The van der Waals surface area contributed by atoms with Crippen LogP contribution in [0.25, 0.3) is 0 Å². The molecule has 0 fully saturated rings. The average molecular weight is 258 g/mol. The number of hydrogen-bond acceptors (Lipinski definition) is 5. The first-order valence-electron chi connectivity index (χ1n) is 3.69. The fourth-order valence-corrected chi connectivity index (χ4v) is 1.02. The fraction of sp³-hybridized carbons (Fsp3) is 0.125. The van der Waals surface area contributed by atoms with E-state index >= 15 is 0 Å². The van der Waals surface area contributed by atoms with Crippen molar-refractivity contribution in [1.82, 2.24) is 9.97 Å². The Kier molecular flexibility index (Phi) is 3.58. The van der Waals surface area contributed by atoms with Gasteiger partial charge in [0, 0.05) is 12.3 Å². The summed E-state index contributed by atoms with van der Waals surface area (Å²) >= 11 is 3.20. The average Bonchev–Trinajstić information content (AvgIpc) is 2.19. The summed E-state index contributed by atoms with van der Waals surface area (Å²) in [5.74, 6) is -0.369. The van der Waals surface area contributed by atoms with Gasteiger partial charge in [-0.25, -0.2) is 14.8 Å². The smallest absolute Gasteiger partial charge is 0.330 e. The van der Waals surface area contributed by atoms with E-state index in [1.165, 1.54) is 6.20 Å². The normalized spacial score (nSPS) is 9.50. The molecule has 0 atom stereocenters. The standard InChI is InChI=1S/C8H8BrN3O2/c1-2-7(13)14-4-6-5(9)3-11-8(10)12-6/h2-3H,1,4H2,(H2,10,11,12). The lowest BCUT2D eigenvalue weighted by atomic mass is 10.4. The molecule has 0 saturated heterocycles. The van der Waals surface area contributed by atoms with Crippen molar-refractivity contribution in [3.63, 3.8) is 0 Å². The maximum atomic E-state index is 10.8. The minimum Gasteiger partial charge on any atom is -0.456 e. The van der Waals surface area contributed by atoms with Gasteiger partial charge in [-0.1, -0.05) is 6.58 Å². The molecule has 0 aliphatic carbocycles. The summed E-state index contributed by atoms with van der Waals surface area (Å²) in [6, 6.07) is 0. The van der Waals surface area contributed by atoms with Crippen LogP contribution in [0, 0.1) is 0 Å². The summed E-state index contributed by atoms with van der Waals surface area (Å²) in [4.78, 5) is 18.4. The summed E-state index contributed by atoms with van der Waals surface area (Å²) in [5.41, 5.74) is 5.88. The number of ether oxygens (including phenoxy) is 1. The van der Waals surface area contributed by atoms with Gasteiger partial charge in [0.25, 0.3) is 0 Å². The zero-order valence-corrected chi connectivity index (χ0v) is 8.82. The van der Waals surface area contributed by atoms with Crippen molar-refractivity contribution in [2.45, 2.75) is 6.61 Å². The number of esters is 1. The topological polar surface area (TPSA) is 78.1 Å². The highest BCUT2D eigenvalue weighted by atomic mass is 79.9. The molecular weight excluding hydrogens is 250 g/mol. The van der Waals surface area contributed by atoms with Crippen LogP contribution in [-0.4, -0.2) is 15.9 Å². The quantitative estimate of drug-likeness (QED) is 0.647. The van der Waals surface area contributed by atoms with Gasteiger partial charge in [-0.2, -0.15) is 0 Å². The van der Waals surface area contributed by atoms with E-state index in [1.54, 1.807) is 0 Å². The molecule has 2 N–H and O–H groups in total. The molecule has 0 aliphatic heterocycles. The van der Waals surface area contributed by atoms with Crippen LogP contribution in [0.5, 0.6) is 0 Å². The number of anilines is 1. The minimum atomic E-state index is -0.505. The number of aromatic nitrogens is 2. The molecule has 1 aromatic rings. The Labute approximate surface area is 89.1 Å². The second kappa shape index (κ2) is 4.71. The second-order valence-electron chi connectivity index (χ2n) is 2.33. The van der Waals surface area contributed by atoms with Crippen molar-refractivity contribution in [1.29, 1.82) is 0 Å². The lowest BCUT2D eigenvalue weighted by molar-refractivity contribution is -0.139. The van der Waals surface area contributed by atoms with E-state index in [9.17, 15) is 4.79 Å². The van der Waals surface area contributed by atoms with E-state index in [0.717, 1.165) is 6.08 Å². The third kappa shape index (κ3) is 2.81. The minimum absolute atomic E-state index is 0.0398. The molecule has 0 bridgehead atoms. The molecular formula is C8H8BrN3O2. The van der Waals surface area contributed by atoms with E-state index in [2.05, 4.69) is 32.5 Å². The van der Waals surface area contributed by atoms with Crippen LogP contribution in [0.2, 0.25) is 0 Å². The first-order chi connectivity index (χ1) is 6.63. The number of carbonyl (C=O) groups excluding carboxylic acids is 1. The Morgan fingerprint density at radius 1 is 1.79 bits per heavy atom. The van der Waals surface area contributed by atoms with Gasteiger partial charge in [0.15, 0.2) is 0 Å². The Balaban J connectivity index is 2.71. The molecule has 14 heavy (non-hydrogen) atoms. The number of halogens is 1. The molecule has 0 aliphatic rings. The molecule has 1 rings (SSSR count). The second-order valence-corrected chi connectivity index (χ2v) is 3.19. The van der Waals surface area contributed by atoms with Crippen molar-refractivity contribution >= 4 is 27.8 Å². The molecule has 0 spiro atoms. The van der Waals surface area contributed by atoms with Crippen LogP contribution in [0.3, 0.4) is 0 Å². The molecule has 0 radical (unpaired) electrons. The zero-order chi connectivity index (χ0) is 10.6. The lowest BCUT2D eigenvalue weighted by Gasteiger charge is -2.03. The number of rotatable bonds is 3. The number of nitrogen functional groups attached to an aromatic ring is 1. The fourth-order valence-electron chi connectivity index (χ4n) is 0.717. The predicted octanol–water partition coefficient (Wildman–Crippen LogP) is 1.05. The van der Waals surface area contributed by atoms with Crippen LogP contribution in [0.15, 0.2) is 23.3 Å². The van der Waals surface area contributed by atoms with Crippen molar-refractivity contribution in [3.05, 3.63) is 29.0 Å². The van der Waals surface area contributed by atoms with E-state index in [0.29, 0.717) is 10.2 Å². The van der Waals surface area contributed by atoms with Gasteiger partial charge < -0.3 is 10.5 Å². The molecule has 74 valence electrons. The SMILES string of the molecule is C=CC(=O)OCc1nc(N)ncc1Br. The van der Waals surface area contributed by atoms with Gasteiger partial charge in [0.05, 0.1) is 10.2 Å². The van der Waals surface area contributed by atoms with Crippen LogP contribution in [0.1, 0.15) is 5.69 Å². The Morgan fingerprint density at radius 3 is 3.14 bits per heavy atom. The van der Waals surface area contributed by atoms with Gasteiger partial charge in [-0.05, 0) is 15.9 Å². The number of nitrogens with two attached hydrogens (primary N) is 1. The van der Waals surface area contributed by atoms with Crippen molar-refractivity contribution in [2.75, 3.05) is 5.73 Å².